The molecule has 1 aromatic carbocycles. The number of halogens is 7. The highest BCUT2D eigenvalue weighted by molar-refractivity contribution is 5.83. The van der Waals surface area contributed by atoms with Crippen LogP contribution in [0.3, 0.4) is 0 Å². The number of rotatable bonds is 6. The molecule has 0 saturated heterocycles. The lowest BCUT2D eigenvalue weighted by atomic mass is 10.2. The maximum absolute atomic E-state index is 13.0. The fraction of sp³-hybridized carbons (Fsp3) is 0.462. The summed E-state index contributed by atoms with van der Waals surface area (Å²) < 4.78 is 92.4. The topological polar surface area (TPSA) is 33.6 Å². The molecule has 3 nitrogen and oxygen atoms in total. The van der Waals surface area contributed by atoms with E-state index in [1.54, 1.807) is 19.9 Å². The van der Waals surface area contributed by atoms with Gasteiger partial charge in [0.15, 0.2) is 0 Å². The molecule has 0 spiro atoms. The molecule has 10 heteroatoms. The third kappa shape index (κ3) is 4.49. The predicted octanol–water partition coefficient (Wildman–Crippen LogP) is 4.19. The van der Waals surface area contributed by atoms with Crippen molar-refractivity contribution in [3.8, 4) is 5.75 Å². The van der Waals surface area contributed by atoms with E-state index in [1.807, 2.05) is 0 Å². The fourth-order valence-corrected chi connectivity index (χ4v) is 1.38. The van der Waals surface area contributed by atoms with Crippen molar-refractivity contribution in [2.75, 3.05) is 0 Å². The van der Waals surface area contributed by atoms with E-state index in [9.17, 15) is 30.7 Å². The molecular formula is C13H13F7N2O. The Kier molecular flexibility index (Phi) is 5.49. The average molecular weight is 346 g/mol. The van der Waals surface area contributed by atoms with Gasteiger partial charge in [0.05, 0.1) is 12.3 Å². The number of ether oxygens (including phenoxy) is 1. The van der Waals surface area contributed by atoms with Crippen molar-refractivity contribution in [1.29, 1.82) is 0 Å². The van der Waals surface area contributed by atoms with Crippen LogP contribution in [0, 0.1) is 0 Å². The maximum atomic E-state index is 13.0. The lowest BCUT2D eigenvalue weighted by Gasteiger charge is -2.27. The Morgan fingerprint density at radius 3 is 2.13 bits per heavy atom. The third-order valence-electron chi connectivity index (χ3n) is 2.44. The zero-order chi connectivity index (χ0) is 17.9. The van der Waals surface area contributed by atoms with Gasteiger partial charge in [-0.05, 0) is 26.0 Å². The van der Waals surface area contributed by atoms with Crippen LogP contribution >= 0.6 is 0 Å². The van der Waals surface area contributed by atoms with E-state index in [0.717, 1.165) is 0 Å². The first-order valence-electron chi connectivity index (χ1n) is 6.27. The van der Waals surface area contributed by atoms with Crippen LogP contribution in [-0.4, -0.2) is 30.5 Å². The number of hydrogen-bond acceptors (Lipinski definition) is 3. The number of nitrogens with zero attached hydrogens (tertiary/aromatic N) is 1. The average Bonchev–Trinajstić information content (AvgIpc) is 2.38. The molecule has 130 valence electrons. The van der Waals surface area contributed by atoms with Crippen molar-refractivity contribution in [1.82, 2.24) is 5.43 Å². The van der Waals surface area contributed by atoms with Crippen molar-refractivity contribution in [3.63, 3.8) is 0 Å². The minimum Gasteiger partial charge on any atom is -0.490 e. The highest BCUT2D eigenvalue weighted by atomic mass is 19.4. The standard InChI is InChI=1S/C13H13F7N2O/c1-8(2)23-10-6-4-3-5-9(10)7-21-22-13(19,20)11(14,15)12(16,17)18/h3-8,22H,1-2H3/b21-7-. The van der Waals surface area contributed by atoms with Crippen LogP contribution in [0.15, 0.2) is 29.4 Å². The monoisotopic (exact) mass is 346 g/mol. The molecule has 0 bridgehead atoms. The SMILES string of the molecule is CC(C)Oc1ccccc1/C=N\NC(F)(F)C(F)(F)C(F)(F)F. The zero-order valence-electron chi connectivity index (χ0n) is 12.0. The number of nitrogens with one attached hydrogen (secondary N) is 1. The minimum absolute atomic E-state index is 0.125. The van der Waals surface area contributed by atoms with Gasteiger partial charge in [0.2, 0.25) is 0 Å². The van der Waals surface area contributed by atoms with Crippen LogP contribution < -0.4 is 10.2 Å². The Balaban J connectivity index is 2.92. The van der Waals surface area contributed by atoms with Gasteiger partial charge in [0.1, 0.15) is 5.75 Å². The van der Waals surface area contributed by atoms with Crippen molar-refractivity contribution in [2.45, 2.75) is 38.1 Å². The zero-order valence-corrected chi connectivity index (χ0v) is 12.0. The summed E-state index contributed by atoms with van der Waals surface area (Å²) in [5, 5.41) is 2.78. The quantitative estimate of drug-likeness (QED) is 0.363. The van der Waals surface area contributed by atoms with Gasteiger partial charge in [-0.25, -0.2) is 5.43 Å². The van der Waals surface area contributed by atoms with Crippen LogP contribution in [0.4, 0.5) is 30.7 Å². The molecule has 0 fully saturated rings. The molecule has 1 rings (SSSR count). The Morgan fingerprint density at radius 1 is 1.04 bits per heavy atom. The Morgan fingerprint density at radius 2 is 1.61 bits per heavy atom. The molecule has 0 heterocycles. The lowest BCUT2D eigenvalue weighted by molar-refractivity contribution is -0.361. The number of para-hydroxylation sites is 1. The molecule has 0 aliphatic rings. The van der Waals surface area contributed by atoms with Gasteiger partial charge >= 0.3 is 18.1 Å². The summed E-state index contributed by atoms with van der Waals surface area (Å²) in [6.45, 7) is 3.37. The number of alkyl halides is 7. The molecule has 0 unspecified atom stereocenters. The van der Waals surface area contributed by atoms with E-state index >= 15 is 0 Å². The highest BCUT2D eigenvalue weighted by Gasteiger charge is 2.73. The summed E-state index contributed by atoms with van der Waals surface area (Å²) in [5.74, 6) is -6.07. The number of benzene rings is 1. The fourth-order valence-electron chi connectivity index (χ4n) is 1.38. The summed E-state index contributed by atoms with van der Waals surface area (Å²) in [6, 6.07) is 0.272. The summed E-state index contributed by atoms with van der Waals surface area (Å²) in [5.41, 5.74) is 0.670. The van der Waals surface area contributed by atoms with Crippen LogP contribution in [0.2, 0.25) is 0 Å². The van der Waals surface area contributed by atoms with Crippen LogP contribution in [-0.2, 0) is 0 Å². The van der Waals surface area contributed by atoms with Gasteiger partial charge in [0, 0.05) is 5.56 Å². The normalized spacial score (nSPS) is 13.7. The highest BCUT2D eigenvalue weighted by Crippen LogP contribution is 2.44. The van der Waals surface area contributed by atoms with Crippen molar-refractivity contribution < 1.29 is 35.5 Å². The molecule has 0 amide bonds. The van der Waals surface area contributed by atoms with E-state index in [-0.39, 0.29) is 17.4 Å². The minimum atomic E-state index is -6.42. The Bertz CT molecular complexity index is 555. The largest absolute Gasteiger partial charge is 0.490 e. The van der Waals surface area contributed by atoms with Gasteiger partial charge in [-0.3, -0.25) is 0 Å². The molecular weight excluding hydrogens is 333 g/mol. The number of hydrogen-bond donors (Lipinski definition) is 1. The van der Waals surface area contributed by atoms with Crippen molar-refractivity contribution >= 4 is 6.21 Å². The van der Waals surface area contributed by atoms with Crippen LogP contribution in [0.1, 0.15) is 19.4 Å². The molecule has 0 aromatic heterocycles. The van der Waals surface area contributed by atoms with E-state index in [2.05, 4.69) is 5.10 Å². The van der Waals surface area contributed by atoms with Gasteiger partial charge in [0.25, 0.3) is 0 Å². The second kappa shape index (κ2) is 6.63. The summed E-state index contributed by atoms with van der Waals surface area (Å²) in [6.07, 6.45) is -6.02. The van der Waals surface area contributed by atoms with Crippen molar-refractivity contribution in [3.05, 3.63) is 29.8 Å². The molecule has 0 aliphatic heterocycles. The predicted molar refractivity (Wildman–Crippen MR) is 68.9 cm³/mol. The van der Waals surface area contributed by atoms with Gasteiger partial charge in [-0.15, -0.1) is 0 Å². The Hall–Kier alpha value is -2.00. The maximum Gasteiger partial charge on any atom is 0.462 e. The van der Waals surface area contributed by atoms with Crippen molar-refractivity contribution in [2.24, 2.45) is 5.10 Å². The second-order valence-corrected chi connectivity index (χ2v) is 4.72. The molecule has 0 saturated carbocycles. The smallest absolute Gasteiger partial charge is 0.462 e. The van der Waals surface area contributed by atoms with Crippen LogP contribution in [0.5, 0.6) is 5.75 Å². The number of hydrazone groups is 1. The van der Waals surface area contributed by atoms with E-state index in [1.165, 1.54) is 18.2 Å². The molecule has 1 aromatic rings. The summed E-state index contributed by atoms with van der Waals surface area (Å²) in [7, 11) is 0. The van der Waals surface area contributed by atoms with E-state index in [4.69, 9.17) is 4.74 Å². The molecule has 0 radical (unpaired) electrons. The third-order valence-corrected chi connectivity index (χ3v) is 2.44. The first-order valence-corrected chi connectivity index (χ1v) is 6.27. The van der Waals surface area contributed by atoms with Crippen LogP contribution in [0.25, 0.3) is 0 Å². The van der Waals surface area contributed by atoms with Gasteiger partial charge in [-0.1, -0.05) is 12.1 Å². The second-order valence-electron chi connectivity index (χ2n) is 4.72. The molecule has 1 N–H and O–H groups in total. The first kappa shape index (κ1) is 19.0. The molecule has 0 atom stereocenters. The molecule has 0 aliphatic carbocycles. The first-order chi connectivity index (χ1) is 10.4. The van der Waals surface area contributed by atoms with Gasteiger partial charge in [-0.2, -0.15) is 35.8 Å². The molecule has 23 heavy (non-hydrogen) atoms. The van der Waals surface area contributed by atoms with Gasteiger partial charge < -0.3 is 4.74 Å². The Labute approximate surface area is 127 Å². The lowest BCUT2D eigenvalue weighted by Crippen LogP contribution is -2.58. The van der Waals surface area contributed by atoms with E-state index in [0.29, 0.717) is 11.6 Å². The summed E-state index contributed by atoms with van der Waals surface area (Å²) in [4.78, 5) is 0. The van der Waals surface area contributed by atoms with E-state index < -0.39 is 18.1 Å². The summed E-state index contributed by atoms with van der Waals surface area (Å²) >= 11 is 0.